The predicted octanol–water partition coefficient (Wildman–Crippen LogP) is 2.07. The first-order chi connectivity index (χ1) is 8.40. The van der Waals surface area contributed by atoms with Crippen LogP contribution in [-0.2, 0) is 0 Å². The van der Waals surface area contributed by atoms with E-state index < -0.39 is 12.7 Å². The second kappa shape index (κ2) is 4.37. The zero-order valence-electron chi connectivity index (χ0n) is 9.41. The van der Waals surface area contributed by atoms with Gasteiger partial charge >= 0.3 is 6.18 Å². The van der Waals surface area contributed by atoms with Crippen LogP contribution in [0.25, 0.3) is 0 Å². The summed E-state index contributed by atoms with van der Waals surface area (Å²) in [5.74, 6) is 0.105. The molecule has 0 aliphatic heterocycles. The zero-order valence-corrected chi connectivity index (χ0v) is 9.41. The molecular weight excluding hydrogens is 245 g/mol. The molecule has 18 heavy (non-hydrogen) atoms. The molecule has 7 heteroatoms. The van der Waals surface area contributed by atoms with Crippen molar-refractivity contribution in [2.24, 2.45) is 0 Å². The Kier molecular flexibility index (Phi) is 3.03. The van der Waals surface area contributed by atoms with E-state index in [-0.39, 0.29) is 23.1 Å². The van der Waals surface area contributed by atoms with E-state index in [0.717, 1.165) is 4.90 Å². The third-order valence-corrected chi connectivity index (χ3v) is 2.63. The van der Waals surface area contributed by atoms with Gasteiger partial charge in [0, 0.05) is 12.2 Å². The summed E-state index contributed by atoms with van der Waals surface area (Å²) in [5, 5.41) is 8.66. The van der Waals surface area contributed by atoms with E-state index in [2.05, 4.69) is 4.98 Å². The fourth-order valence-corrected chi connectivity index (χ4v) is 1.73. The highest BCUT2D eigenvalue weighted by atomic mass is 19.4. The smallest absolute Gasteiger partial charge is 0.396 e. The van der Waals surface area contributed by atoms with Crippen LogP contribution in [0.1, 0.15) is 18.4 Å². The summed E-state index contributed by atoms with van der Waals surface area (Å²) in [7, 11) is 0. The molecule has 0 bridgehead atoms. The first-order valence-corrected chi connectivity index (χ1v) is 5.40. The first-order valence-electron chi connectivity index (χ1n) is 5.40. The lowest BCUT2D eigenvalue weighted by molar-refractivity contribution is -0.120. The Morgan fingerprint density at radius 2 is 2.17 bits per heavy atom. The van der Waals surface area contributed by atoms with Gasteiger partial charge in [0.2, 0.25) is 0 Å². The lowest BCUT2D eigenvalue weighted by Gasteiger charge is -2.25. The average Bonchev–Trinajstić information content (AvgIpc) is 3.08. The summed E-state index contributed by atoms with van der Waals surface area (Å²) in [6.45, 7) is -1.07. The van der Waals surface area contributed by atoms with Crippen LogP contribution in [0.2, 0.25) is 0 Å². The number of hydrogen-bond donors (Lipinski definition) is 1. The molecule has 0 amide bonds. The van der Waals surface area contributed by atoms with Crippen molar-refractivity contribution in [1.29, 1.82) is 5.26 Å². The van der Waals surface area contributed by atoms with Crippen LogP contribution in [0.4, 0.5) is 24.7 Å². The molecule has 96 valence electrons. The van der Waals surface area contributed by atoms with E-state index in [1.807, 2.05) is 6.07 Å². The lowest BCUT2D eigenvalue weighted by atomic mass is 10.2. The maximum atomic E-state index is 12.5. The summed E-state index contributed by atoms with van der Waals surface area (Å²) in [5.41, 5.74) is 6.00. The fourth-order valence-electron chi connectivity index (χ4n) is 1.73. The number of halogens is 3. The van der Waals surface area contributed by atoms with Gasteiger partial charge in [-0.05, 0) is 18.9 Å². The summed E-state index contributed by atoms with van der Waals surface area (Å²) in [6.07, 6.45) is -1.66. The number of hydrogen-bond acceptors (Lipinski definition) is 4. The Morgan fingerprint density at radius 3 is 2.61 bits per heavy atom. The molecule has 1 aliphatic carbocycles. The molecule has 1 aliphatic rings. The highest BCUT2D eigenvalue weighted by molar-refractivity contribution is 5.65. The number of aromatic nitrogens is 1. The van der Waals surface area contributed by atoms with Crippen LogP contribution in [0.15, 0.2) is 12.3 Å². The van der Waals surface area contributed by atoms with Crippen molar-refractivity contribution in [3.8, 4) is 6.07 Å². The number of nitrogens with zero attached hydrogens (tertiary/aromatic N) is 3. The van der Waals surface area contributed by atoms with E-state index >= 15 is 0 Å². The fraction of sp³-hybridized carbons (Fsp3) is 0.455. The average molecular weight is 256 g/mol. The van der Waals surface area contributed by atoms with Gasteiger partial charge in [0.15, 0.2) is 5.82 Å². The van der Waals surface area contributed by atoms with Gasteiger partial charge in [0.05, 0.1) is 11.3 Å². The maximum absolute atomic E-state index is 12.5. The second-order valence-electron chi connectivity index (χ2n) is 4.22. The van der Waals surface area contributed by atoms with E-state index in [1.165, 1.54) is 12.3 Å². The standard InChI is InChI=1S/C11H11F3N4/c12-11(13,14)6-18(8-1-2-8)10-9(16)3-7(4-15)5-17-10/h3,5,8H,1-2,6,16H2. The minimum Gasteiger partial charge on any atom is -0.396 e. The number of nitriles is 1. The van der Waals surface area contributed by atoms with Gasteiger partial charge in [0.25, 0.3) is 0 Å². The number of nitrogens with two attached hydrogens (primary N) is 1. The van der Waals surface area contributed by atoms with Crippen molar-refractivity contribution < 1.29 is 13.2 Å². The summed E-state index contributed by atoms with van der Waals surface area (Å²) in [6, 6.07) is 3.03. The number of rotatable bonds is 3. The summed E-state index contributed by atoms with van der Waals surface area (Å²) in [4.78, 5) is 5.04. The molecule has 2 rings (SSSR count). The van der Waals surface area contributed by atoms with Crippen molar-refractivity contribution in [2.75, 3.05) is 17.2 Å². The van der Waals surface area contributed by atoms with E-state index in [1.54, 1.807) is 0 Å². The molecule has 1 heterocycles. The maximum Gasteiger partial charge on any atom is 0.405 e. The van der Waals surface area contributed by atoms with E-state index in [9.17, 15) is 13.2 Å². The van der Waals surface area contributed by atoms with Crippen LogP contribution in [-0.4, -0.2) is 23.7 Å². The van der Waals surface area contributed by atoms with Crippen LogP contribution >= 0.6 is 0 Å². The normalized spacial score (nSPS) is 15.2. The van der Waals surface area contributed by atoms with Crippen LogP contribution in [0, 0.1) is 11.3 Å². The Labute approximate surface area is 102 Å². The largest absolute Gasteiger partial charge is 0.405 e. The van der Waals surface area contributed by atoms with Gasteiger partial charge in [-0.15, -0.1) is 0 Å². The van der Waals surface area contributed by atoms with Crippen molar-refractivity contribution in [3.05, 3.63) is 17.8 Å². The molecule has 0 atom stereocenters. The molecule has 1 fully saturated rings. The molecular formula is C11H11F3N4. The topological polar surface area (TPSA) is 65.9 Å². The van der Waals surface area contributed by atoms with Crippen molar-refractivity contribution in [3.63, 3.8) is 0 Å². The van der Waals surface area contributed by atoms with Crippen LogP contribution < -0.4 is 10.6 Å². The quantitative estimate of drug-likeness (QED) is 0.899. The third kappa shape index (κ3) is 2.83. The molecule has 1 aromatic heterocycles. The SMILES string of the molecule is N#Cc1cnc(N(CC(F)(F)F)C2CC2)c(N)c1. The van der Waals surface area contributed by atoms with Gasteiger partial charge in [-0.2, -0.15) is 18.4 Å². The molecule has 1 saturated carbocycles. The Hall–Kier alpha value is -1.97. The minimum absolute atomic E-state index is 0.102. The monoisotopic (exact) mass is 256 g/mol. The van der Waals surface area contributed by atoms with E-state index in [4.69, 9.17) is 11.0 Å². The summed E-state index contributed by atoms with van der Waals surface area (Å²) < 4.78 is 37.5. The van der Waals surface area contributed by atoms with Crippen molar-refractivity contribution in [2.45, 2.75) is 25.1 Å². The molecule has 2 N–H and O–H groups in total. The predicted molar refractivity (Wildman–Crippen MR) is 59.8 cm³/mol. The lowest BCUT2D eigenvalue weighted by Crippen LogP contribution is -2.37. The number of nitrogen functional groups attached to an aromatic ring is 1. The number of anilines is 2. The zero-order chi connectivity index (χ0) is 13.3. The number of pyridine rings is 1. The third-order valence-electron chi connectivity index (χ3n) is 2.63. The molecule has 1 aromatic rings. The van der Waals surface area contributed by atoms with E-state index in [0.29, 0.717) is 12.8 Å². The van der Waals surface area contributed by atoms with Crippen LogP contribution in [0.5, 0.6) is 0 Å². The van der Waals surface area contributed by atoms with Gasteiger partial charge in [-0.25, -0.2) is 4.98 Å². The highest BCUT2D eigenvalue weighted by Gasteiger charge is 2.39. The number of alkyl halides is 3. The summed E-state index contributed by atoms with van der Waals surface area (Å²) >= 11 is 0. The van der Waals surface area contributed by atoms with Gasteiger partial charge in [-0.3, -0.25) is 0 Å². The van der Waals surface area contributed by atoms with Gasteiger partial charge in [-0.1, -0.05) is 0 Å². The molecule has 0 saturated heterocycles. The second-order valence-corrected chi connectivity index (χ2v) is 4.22. The highest BCUT2D eigenvalue weighted by Crippen LogP contribution is 2.35. The van der Waals surface area contributed by atoms with Gasteiger partial charge < -0.3 is 10.6 Å². The molecule has 4 nitrogen and oxygen atoms in total. The first kappa shape index (κ1) is 12.5. The molecule has 0 aromatic carbocycles. The van der Waals surface area contributed by atoms with Crippen molar-refractivity contribution in [1.82, 2.24) is 4.98 Å². The van der Waals surface area contributed by atoms with Crippen LogP contribution in [0.3, 0.4) is 0 Å². The Morgan fingerprint density at radius 1 is 1.50 bits per heavy atom. The molecule has 0 spiro atoms. The molecule has 0 radical (unpaired) electrons. The van der Waals surface area contributed by atoms with Gasteiger partial charge in [0.1, 0.15) is 12.6 Å². The minimum atomic E-state index is -4.30. The molecule has 0 unspecified atom stereocenters. The Bertz CT molecular complexity index is 488. The Balaban J connectivity index is 2.29. The van der Waals surface area contributed by atoms with Crippen molar-refractivity contribution >= 4 is 11.5 Å².